The maximum Gasteiger partial charge on any atom is 0.341 e. The van der Waals surface area contributed by atoms with Crippen LogP contribution in [-0.4, -0.2) is 31.7 Å². The Kier molecular flexibility index (Phi) is 4.14. The third-order valence-electron chi connectivity index (χ3n) is 3.06. The second kappa shape index (κ2) is 5.67. The second-order valence-corrected chi connectivity index (χ2v) is 5.16. The van der Waals surface area contributed by atoms with Gasteiger partial charge < -0.3 is 9.64 Å². The molecule has 2 aromatic rings. The van der Waals surface area contributed by atoms with Crippen LogP contribution in [0.4, 0.5) is 5.69 Å². The Bertz CT molecular complexity index is 668. The minimum absolute atomic E-state index is 0.337. The molecule has 0 spiro atoms. The molecule has 0 atom stereocenters. The van der Waals surface area contributed by atoms with E-state index < -0.39 is 0 Å². The van der Waals surface area contributed by atoms with Crippen LogP contribution >= 0.6 is 11.6 Å². The van der Waals surface area contributed by atoms with Crippen LogP contribution in [0.15, 0.2) is 18.3 Å². The minimum Gasteiger partial charge on any atom is -0.462 e. The van der Waals surface area contributed by atoms with E-state index in [4.69, 9.17) is 16.3 Å². The lowest BCUT2D eigenvalue weighted by molar-refractivity contribution is 0.0527. The van der Waals surface area contributed by atoms with Gasteiger partial charge in [0.05, 0.1) is 17.8 Å². The molecule has 0 amide bonds. The lowest BCUT2D eigenvalue weighted by Crippen LogP contribution is -2.16. The second-order valence-electron chi connectivity index (χ2n) is 4.75. The van der Waals surface area contributed by atoms with Crippen molar-refractivity contribution in [2.24, 2.45) is 0 Å². The van der Waals surface area contributed by atoms with Crippen LogP contribution in [0.5, 0.6) is 0 Å². The Morgan fingerprint density at radius 3 is 2.70 bits per heavy atom. The van der Waals surface area contributed by atoms with E-state index >= 15 is 0 Å². The highest BCUT2D eigenvalue weighted by atomic mass is 35.5. The van der Waals surface area contributed by atoms with Crippen molar-refractivity contribution in [2.45, 2.75) is 13.8 Å². The van der Waals surface area contributed by atoms with E-state index in [1.54, 1.807) is 13.1 Å². The molecule has 0 radical (unpaired) electrons. The maximum absolute atomic E-state index is 12.1. The molecule has 0 N–H and O–H groups in total. The molecule has 5 heteroatoms. The summed E-state index contributed by atoms with van der Waals surface area (Å²) < 4.78 is 5.09. The fourth-order valence-corrected chi connectivity index (χ4v) is 2.31. The zero-order valence-corrected chi connectivity index (χ0v) is 12.8. The summed E-state index contributed by atoms with van der Waals surface area (Å²) in [6, 6.07) is 3.76. The molecule has 106 valence electrons. The van der Waals surface area contributed by atoms with Crippen LogP contribution < -0.4 is 4.90 Å². The first-order chi connectivity index (χ1) is 9.45. The summed E-state index contributed by atoms with van der Waals surface area (Å²) in [6.45, 7) is 4.05. The number of esters is 1. The number of carbonyl (C=O) groups is 1. The smallest absolute Gasteiger partial charge is 0.341 e. The zero-order valence-electron chi connectivity index (χ0n) is 12.0. The van der Waals surface area contributed by atoms with Crippen molar-refractivity contribution in [2.75, 3.05) is 25.6 Å². The van der Waals surface area contributed by atoms with E-state index in [9.17, 15) is 4.79 Å². The summed E-state index contributed by atoms with van der Waals surface area (Å²) in [6.07, 6.45) is 1.54. The fraction of sp³-hybridized carbons (Fsp3) is 0.333. The fourth-order valence-electron chi connectivity index (χ4n) is 2.15. The first-order valence-corrected chi connectivity index (χ1v) is 6.76. The molecule has 0 aliphatic carbocycles. The molecule has 0 aliphatic heterocycles. The number of halogens is 1. The summed E-state index contributed by atoms with van der Waals surface area (Å²) in [5.41, 5.74) is 2.97. The third-order valence-corrected chi connectivity index (χ3v) is 3.47. The summed E-state index contributed by atoms with van der Waals surface area (Å²) in [5, 5.41) is 1.56. The molecule has 0 unspecified atom stereocenters. The number of anilines is 1. The molecule has 0 bridgehead atoms. The van der Waals surface area contributed by atoms with Gasteiger partial charge in [-0.3, -0.25) is 4.98 Å². The molecular weight excluding hydrogens is 276 g/mol. The number of nitrogens with zero attached hydrogens (tertiary/aromatic N) is 2. The van der Waals surface area contributed by atoms with E-state index in [2.05, 4.69) is 4.98 Å². The van der Waals surface area contributed by atoms with Crippen LogP contribution in [0.2, 0.25) is 5.02 Å². The van der Waals surface area contributed by atoms with Gasteiger partial charge in [0.2, 0.25) is 0 Å². The van der Waals surface area contributed by atoms with Crippen LogP contribution in [0.3, 0.4) is 0 Å². The number of benzene rings is 1. The number of hydrogen-bond donors (Lipinski definition) is 0. The van der Waals surface area contributed by atoms with Gasteiger partial charge in [0.15, 0.2) is 0 Å². The number of hydrogen-bond acceptors (Lipinski definition) is 4. The Labute approximate surface area is 123 Å². The van der Waals surface area contributed by atoms with Gasteiger partial charge in [-0.2, -0.15) is 0 Å². The maximum atomic E-state index is 12.1. The van der Waals surface area contributed by atoms with Gasteiger partial charge >= 0.3 is 5.97 Å². The van der Waals surface area contributed by atoms with Crippen molar-refractivity contribution in [3.63, 3.8) is 0 Å². The van der Waals surface area contributed by atoms with Crippen LogP contribution in [0.1, 0.15) is 22.8 Å². The van der Waals surface area contributed by atoms with Crippen molar-refractivity contribution >= 4 is 34.2 Å². The van der Waals surface area contributed by atoms with Gasteiger partial charge in [-0.25, -0.2) is 4.79 Å². The predicted octanol–water partition coefficient (Wildman–Crippen LogP) is 3.44. The highest BCUT2D eigenvalue weighted by Crippen LogP contribution is 2.32. The van der Waals surface area contributed by atoms with Crippen molar-refractivity contribution < 1.29 is 9.53 Å². The van der Waals surface area contributed by atoms with E-state index in [0.29, 0.717) is 17.2 Å². The SMILES string of the molecule is CCOC(=O)c1cnc2cc(Cl)c(C)cc2c1N(C)C. The minimum atomic E-state index is -0.363. The van der Waals surface area contributed by atoms with Gasteiger partial charge in [0, 0.05) is 30.7 Å². The predicted molar refractivity (Wildman–Crippen MR) is 81.8 cm³/mol. The molecule has 1 heterocycles. The number of fused-ring (bicyclic) bond motifs is 1. The summed E-state index contributed by atoms with van der Waals surface area (Å²) >= 11 is 6.13. The first-order valence-electron chi connectivity index (χ1n) is 6.39. The molecule has 0 saturated heterocycles. The molecule has 2 rings (SSSR count). The lowest BCUT2D eigenvalue weighted by Gasteiger charge is -2.19. The van der Waals surface area contributed by atoms with Crippen LogP contribution in [0, 0.1) is 6.92 Å². The molecule has 1 aromatic heterocycles. The number of ether oxygens (including phenoxy) is 1. The molecule has 20 heavy (non-hydrogen) atoms. The first kappa shape index (κ1) is 14.6. The summed E-state index contributed by atoms with van der Waals surface area (Å²) in [7, 11) is 3.78. The highest BCUT2D eigenvalue weighted by molar-refractivity contribution is 6.32. The number of aromatic nitrogens is 1. The molecular formula is C15H17ClN2O2. The summed E-state index contributed by atoms with van der Waals surface area (Å²) in [4.78, 5) is 18.3. The highest BCUT2D eigenvalue weighted by Gasteiger charge is 2.18. The van der Waals surface area contributed by atoms with E-state index in [1.165, 1.54) is 0 Å². The van der Waals surface area contributed by atoms with Gasteiger partial charge in [-0.05, 0) is 31.5 Å². The van der Waals surface area contributed by atoms with Crippen LogP contribution in [0.25, 0.3) is 10.9 Å². The number of rotatable bonds is 3. The molecule has 0 aliphatic rings. The van der Waals surface area contributed by atoms with E-state index in [0.717, 1.165) is 22.2 Å². The van der Waals surface area contributed by atoms with Gasteiger partial charge in [0.25, 0.3) is 0 Å². The molecule has 0 fully saturated rings. The van der Waals surface area contributed by atoms with Gasteiger partial charge in [0.1, 0.15) is 5.56 Å². The summed E-state index contributed by atoms with van der Waals surface area (Å²) in [5.74, 6) is -0.363. The van der Waals surface area contributed by atoms with Crippen molar-refractivity contribution in [1.29, 1.82) is 0 Å². The largest absolute Gasteiger partial charge is 0.462 e. The topological polar surface area (TPSA) is 42.4 Å². The van der Waals surface area contributed by atoms with Crippen molar-refractivity contribution in [3.05, 3.63) is 34.5 Å². The monoisotopic (exact) mass is 292 g/mol. The average Bonchev–Trinajstić information content (AvgIpc) is 2.39. The Morgan fingerprint density at radius 1 is 1.40 bits per heavy atom. The van der Waals surface area contributed by atoms with Crippen molar-refractivity contribution in [1.82, 2.24) is 4.98 Å². The number of pyridine rings is 1. The quantitative estimate of drug-likeness (QED) is 0.813. The Balaban J connectivity index is 2.75. The van der Waals surface area contributed by atoms with E-state index in [1.807, 2.05) is 38.1 Å². The number of aryl methyl sites for hydroxylation is 1. The average molecular weight is 293 g/mol. The van der Waals surface area contributed by atoms with Gasteiger partial charge in [-0.15, -0.1) is 0 Å². The standard InChI is InChI=1S/C15H17ClN2O2/c1-5-20-15(19)11-8-17-13-7-12(16)9(2)6-10(13)14(11)18(3)4/h6-8H,5H2,1-4H3. The third kappa shape index (κ3) is 2.56. The van der Waals surface area contributed by atoms with Crippen LogP contribution in [-0.2, 0) is 4.74 Å². The molecule has 1 aromatic carbocycles. The van der Waals surface area contributed by atoms with Crippen molar-refractivity contribution in [3.8, 4) is 0 Å². The number of carbonyl (C=O) groups excluding carboxylic acids is 1. The molecule has 0 saturated carbocycles. The lowest BCUT2D eigenvalue weighted by atomic mass is 10.1. The molecule has 4 nitrogen and oxygen atoms in total. The Hall–Kier alpha value is -1.81. The Morgan fingerprint density at radius 2 is 2.10 bits per heavy atom. The van der Waals surface area contributed by atoms with Gasteiger partial charge in [-0.1, -0.05) is 11.6 Å². The van der Waals surface area contributed by atoms with E-state index in [-0.39, 0.29) is 5.97 Å². The normalized spacial score (nSPS) is 10.7. The zero-order chi connectivity index (χ0) is 14.9.